The summed E-state index contributed by atoms with van der Waals surface area (Å²) in [5.74, 6) is -0.508. The third kappa shape index (κ3) is 3.26. The van der Waals surface area contributed by atoms with E-state index in [4.69, 9.17) is 4.74 Å². The molecule has 0 saturated carbocycles. The predicted molar refractivity (Wildman–Crippen MR) is 66.4 cm³/mol. The van der Waals surface area contributed by atoms with Crippen molar-refractivity contribution in [2.45, 2.75) is 26.3 Å². The lowest BCUT2D eigenvalue weighted by atomic mass is 9.96. The van der Waals surface area contributed by atoms with Gasteiger partial charge in [0.15, 0.2) is 5.54 Å². The second-order valence-corrected chi connectivity index (χ2v) is 4.75. The maximum Gasteiger partial charge on any atom is 0.332 e. The van der Waals surface area contributed by atoms with Crippen LogP contribution < -0.4 is 5.32 Å². The zero-order valence-corrected chi connectivity index (χ0v) is 11.2. The van der Waals surface area contributed by atoms with Crippen LogP contribution in [0.25, 0.3) is 0 Å². The van der Waals surface area contributed by atoms with E-state index in [1.54, 1.807) is 6.92 Å². The zero-order chi connectivity index (χ0) is 13.8. The highest BCUT2D eigenvalue weighted by molar-refractivity contribution is 5.81. The summed E-state index contributed by atoms with van der Waals surface area (Å²) in [6.45, 7) is 6.37. The Bertz CT molecular complexity index is 406. The maximum absolute atomic E-state index is 12.9. The second kappa shape index (κ2) is 5.91. The Morgan fingerprint density at radius 1 is 1.56 bits per heavy atom. The summed E-state index contributed by atoms with van der Waals surface area (Å²) in [6, 6.07) is 2.76. The van der Waals surface area contributed by atoms with Crippen molar-refractivity contribution in [3.63, 3.8) is 0 Å². The van der Waals surface area contributed by atoms with Crippen LogP contribution in [0.1, 0.15) is 26.5 Å². The number of carbonyl (C=O) groups is 1. The number of ether oxygens (including phenoxy) is 1. The minimum absolute atomic E-state index is 0.370. The Kier molecular flexibility index (Phi) is 4.78. The molecule has 0 spiro atoms. The molecule has 100 valence electrons. The summed E-state index contributed by atoms with van der Waals surface area (Å²) in [5, 5.41) is 3.12. The molecule has 4 nitrogen and oxygen atoms in total. The van der Waals surface area contributed by atoms with E-state index in [0.717, 1.165) is 6.20 Å². The molecule has 18 heavy (non-hydrogen) atoms. The minimum Gasteiger partial charge on any atom is -0.467 e. The Hall–Kier alpha value is -1.49. The fourth-order valence-corrected chi connectivity index (χ4v) is 1.55. The SMILES string of the molecule is COC(=O)C(C)(NCC(C)C)c1ccc(F)cn1. The van der Waals surface area contributed by atoms with Gasteiger partial charge in [0.1, 0.15) is 5.82 Å². The van der Waals surface area contributed by atoms with Gasteiger partial charge in [-0.15, -0.1) is 0 Å². The molecule has 0 aliphatic rings. The van der Waals surface area contributed by atoms with E-state index < -0.39 is 17.3 Å². The van der Waals surface area contributed by atoms with E-state index in [1.165, 1.54) is 19.2 Å². The maximum atomic E-state index is 12.9. The quantitative estimate of drug-likeness (QED) is 0.815. The molecule has 1 aromatic rings. The molecule has 1 unspecified atom stereocenters. The van der Waals surface area contributed by atoms with Gasteiger partial charge in [0.05, 0.1) is 19.0 Å². The molecule has 0 saturated heterocycles. The van der Waals surface area contributed by atoms with E-state index in [1.807, 2.05) is 13.8 Å². The number of nitrogens with one attached hydrogen (secondary N) is 1. The first-order valence-corrected chi connectivity index (χ1v) is 5.85. The fourth-order valence-electron chi connectivity index (χ4n) is 1.55. The summed E-state index contributed by atoms with van der Waals surface area (Å²) in [7, 11) is 1.32. The van der Waals surface area contributed by atoms with Crippen LogP contribution in [-0.4, -0.2) is 24.6 Å². The molecule has 0 radical (unpaired) electrons. The van der Waals surface area contributed by atoms with Crippen molar-refractivity contribution in [1.29, 1.82) is 0 Å². The number of rotatable bonds is 5. The first kappa shape index (κ1) is 14.6. The van der Waals surface area contributed by atoms with E-state index in [9.17, 15) is 9.18 Å². The van der Waals surface area contributed by atoms with Crippen molar-refractivity contribution in [3.05, 3.63) is 29.8 Å². The van der Waals surface area contributed by atoms with Gasteiger partial charge in [0.2, 0.25) is 0 Å². The predicted octanol–water partition coefficient (Wildman–Crippen LogP) is 1.85. The van der Waals surface area contributed by atoms with Crippen LogP contribution in [0.15, 0.2) is 18.3 Å². The van der Waals surface area contributed by atoms with Gasteiger partial charge < -0.3 is 4.74 Å². The van der Waals surface area contributed by atoms with Crippen LogP contribution in [0.4, 0.5) is 4.39 Å². The van der Waals surface area contributed by atoms with Crippen molar-refractivity contribution < 1.29 is 13.9 Å². The molecule has 0 aliphatic carbocycles. The van der Waals surface area contributed by atoms with E-state index in [0.29, 0.717) is 18.2 Å². The Labute approximate surface area is 107 Å². The van der Waals surface area contributed by atoms with Crippen molar-refractivity contribution in [2.75, 3.05) is 13.7 Å². The number of halogens is 1. The summed E-state index contributed by atoms with van der Waals surface area (Å²) >= 11 is 0. The number of carbonyl (C=O) groups excluding carboxylic acids is 1. The summed E-state index contributed by atoms with van der Waals surface area (Å²) in [4.78, 5) is 15.9. The average Bonchev–Trinajstić information content (AvgIpc) is 2.35. The third-order valence-corrected chi connectivity index (χ3v) is 2.70. The molecule has 0 bridgehead atoms. The lowest BCUT2D eigenvalue weighted by Gasteiger charge is -2.28. The van der Waals surface area contributed by atoms with Crippen LogP contribution in [-0.2, 0) is 15.1 Å². The van der Waals surface area contributed by atoms with E-state index in [-0.39, 0.29) is 0 Å². The van der Waals surface area contributed by atoms with Gasteiger partial charge in [0.25, 0.3) is 0 Å². The molecule has 0 aliphatic heterocycles. The molecule has 1 atom stereocenters. The van der Waals surface area contributed by atoms with Crippen molar-refractivity contribution in [3.8, 4) is 0 Å². The number of aromatic nitrogens is 1. The zero-order valence-electron chi connectivity index (χ0n) is 11.2. The molecular formula is C13H19FN2O2. The van der Waals surface area contributed by atoms with Gasteiger partial charge in [-0.2, -0.15) is 0 Å². The average molecular weight is 254 g/mol. The normalized spacial score (nSPS) is 14.3. The monoisotopic (exact) mass is 254 g/mol. The van der Waals surface area contributed by atoms with Crippen molar-refractivity contribution in [1.82, 2.24) is 10.3 Å². The molecule has 5 heteroatoms. The third-order valence-electron chi connectivity index (χ3n) is 2.70. The second-order valence-electron chi connectivity index (χ2n) is 4.75. The first-order valence-electron chi connectivity index (χ1n) is 5.85. The lowest BCUT2D eigenvalue weighted by molar-refractivity contribution is -0.148. The fraction of sp³-hybridized carbons (Fsp3) is 0.538. The Morgan fingerprint density at radius 3 is 2.67 bits per heavy atom. The summed E-state index contributed by atoms with van der Waals surface area (Å²) < 4.78 is 17.7. The highest BCUT2D eigenvalue weighted by Crippen LogP contribution is 2.20. The van der Waals surface area contributed by atoms with Gasteiger partial charge >= 0.3 is 5.97 Å². The standard InChI is InChI=1S/C13H19FN2O2/c1-9(2)7-16-13(3,12(17)18-4)11-6-5-10(14)8-15-11/h5-6,8-9,16H,7H2,1-4H3. The van der Waals surface area contributed by atoms with Crippen LogP contribution in [0.5, 0.6) is 0 Å². The Morgan fingerprint density at radius 2 is 2.22 bits per heavy atom. The van der Waals surface area contributed by atoms with E-state index >= 15 is 0 Å². The summed E-state index contributed by atoms with van der Waals surface area (Å²) in [5.41, 5.74) is -0.622. The molecule has 0 fully saturated rings. The van der Waals surface area contributed by atoms with Crippen molar-refractivity contribution >= 4 is 5.97 Å². The summed E-state index contributed by atoms with van der Waals surface area (Å²) in [6.07, 6.45) is 1.09. The largest absolute Gasteiger partial charge is 0.467 e. The molecule has 1 rings (SSSR count). The smallest absolute Gasteiger partial charge is 0.332 e. The topological polar surface area (TPSA) is 51.2 Å². The van der Waals surface area contributed by atoms with Gasteiger partial charge in [-0.05, 0) is 31.5 Å². The minimum atomic E-state index is -1.06. The number of pyridine rings is 1. The molecule has 1 N–H and O–H groups in total. The lowest BCUT2D eigenvalue weighted by Crippen LogP contribution is -2.49. The van der Waals surface area contributed by atoms with Crippen LogP contribution in [0.2, 0.25) is 0 Å². The van der Waals surface area contributed by atoms with Gasteiger partial charge in [-0.1, -0.05) is 13.8 Å². The number of hydrogen-bond donors (Lipinski definition) is 1. The van der Waals surface area contributed by atoms with Crippen molar-refractivity contribution in [2.24, 2.45) is 5.92 Å². The van der Waals surface area contributed by atoms with Crippen LogP contribution >= 0.6 is 0 Å². The van der Waals surface area contributed by atoms with E-state index in [2.05, 4.69) is 10.3 Å². The molecule has 0 amide bonds. The molecular weight excluding hydrogens is 235 g/mol. The highest BCUT2D eigenvalue weighted by atomic mass is 19.1. The molecule has 0 aromatic carbocycles. The number of nitrogens with zero attached hydrogens (tertiary/aromatic N) is 1. The molecule has 1 aromatic heterocycles. The van der Waals surface area contributed by atoms with Crippen LogP contribution in [0, 0.1) is 11.7 Å². The molecule has 1 heterocycles. The highest BCUT2D eigenvalue weighted by Gasteiger charge is 2.37. The van der Waals surface area contributed by atoms with Gasteiger partial charge in [-0.25, -0.2) is 9.18 Å². The van der Waals surface area contributed by atoms with Gasteiger partial charge in [0, 0.05) is 0 Å². The number of esters is 1. The number of hydrogen-bond acceptors (Lipinski definition) is 4. The number of methoxy groups -OCH3 is 1. The van der Waals surface area contributed by atoms with Gasteiger partial charge in [-0.3, -0.25) is 10.3 Å². The van der Waals surface area contributed by atoms with Crippen LogP contribution in [0.3, 0.4) is 0 Å². The first-order chi connectivity index (χ1) is 8.40. The Balaban J connectivity index is 3.03.